The minimum absolute atomic E-state index is 0.290. The minimum Gasteiger partial charge on any atom is -0.493 e. The van der Waals surface area contributed by atoms with E-state index in [1.165, 1.54) is 6.08 Å². The molecule has 24 heavy (non-hydrogen) atoms. The molecule has 2 N–H and O–H groups in total. The summed E-state index contributed by atoms with van der Waals surface area (Å²) in [6.07, 6.45) is 5.21. The summed E-state index contributed by atoms with van der Waals surface area (Å²) in [5.74, 6) is -0.383. The highest BCUT2D eigenvalue weighted by Crippen LogP contribution is 2.28. The Morgan fingerprint density at radius 3 is 2.79 bits per heavy atom. The molecule has 2 atom stereocenters. The van der Waals surface area contributed by atoms with Crippen molar-refractivity contribution in [1.29, 1.82) is 0 Å². The number of methoxy groups -OCH3 is 1. The topological polar surface area (TPSA) is 84.9 Å². The van der Waals surface area contributed by atoms with E-state index in [9.17, 15) is 9.59 Å². The molecule has 1 amide bonds. The van der Waals surface area contributed by atoms with Gasteiger partial charge in [0.15, 0.2) is 11.5 Å². The lowest BCUT2D eigenvalue weighted by atomic mass is 10.0. The first-order chi connectivity index (χ1) is 11.5. The predicted molar refractivity (Wildman–Crippen MR) is 90.1 cm³/mol. The number of benzene rings is 1. The molecule has 0 spiro atoms. The molecule has 2 unspecified atom stereocenters. The van der Waals surface area contributed by atoms with Crippen LogP contribution >= 0.6 is 0 Å². The van der Waals surface area contributed by atoms with Gasteiger partial charge in [-0.2, -0.15) is 0 Å². The van der Waals surface area contributed by atoms with E-state index in [4.69, 9.17) is 14.6 Å². The maximum Gasteiger partial charge on any atom is 0.308 e. The normalized spacial score (nSPS) is 20.1. The maximum atomic E-state index is 12.0. The van der Waals surface area contributed by atoms with Crippen LogP contribution in [0.1, 0.15) is 31.7 Å². The average molecular weight is 333 g/mol. The third kappa shape index (κ3) is 4.50. The number of carboxylic acid groups (broad SMARTS) is 1. The van der Waals surface area contributed by atoms with Crippen molar-refractivity contribution in [3.05, 3.63) is 29.8 Å². The Morgan fingerprint density at radius 2 is 2.12 bits per heavy atom. The molecule has 130 valence electrons. The third-order valence-electron chi connectivity index (χ3n) is 4.08. The molecule has 6 nitrogen and oxygen atoms in total. The number of carbonyl (C=O) groups excluding carboxylic acids is 1. The Balaban J connectivity index is 2.01. The van der Waals surface area contributed by atoms with Crippen LogP contribution in [0, 0.1) is 5.92 Å². The zero-order chi connectivity index (χ0) is 17.5. The summed E-state index contributed by atoms with van der Waals surface area (Å²) < 4.78 is 10.7. The molecular weight excluding hydrogens is 310 g/mol. The van der Waals surface area contributed by atoms with Crippen LogP contribution in [0.25, 0.3) is 6.08 Å². The van der Waals surface area contributed by atoms with E-state index in [0.717, 1.165) is 12.0 Å². The van der Waals surface area contributed by atoms with Crippen LogP contribution in [0.3, 0.4) is 0 Å². The molecule has 1 aromatic carbocycles. The number of hydrogen-bond acceptors (Lipinski definition) is 4. The SMILES string of the molecule is CCOc1cc(C=CC(=O)NC2CCCC2C(=O)O)ccc1OC. The van der Waals surface area contributed by atoms with Gasteiger partial charge in [0.05, 0.1) is 19.6 Å². The van der Waals surface area contributed by atoms with Crippen molar-refractivity contribution < 1.29 is 24.2 Å². The van der Waals surface area contributed by atoms with Crippen LogP contribution in [0.15, 0.2) is 24.3 Å². The number of rotatable bonds is 7. The van der Waals surface area contributed by atoms with Gasteiger partial charge in [-0.3, -0.25) is 9.59 Å². The van der Waals surface area contributed by atoms with Gasteiger partial charge in [-0.1, -0.05) is 12.5 Å². The van der Waals surface area contributed by atoms with Gasteiger partial charge in [-0.05, 0) is 43.5 Å². The Labute approximate surface area is 141 Å². The fraction of sp³-hybridized carbons (Fsp3) is 0.444. The van der Waals surface area contributed by atoms with Gasteiger partial charge in [-0.25, -0.2) is 0 Å². The molecule has 1 saturated carbocycles. The Kier molecular flexibility index (Phi) is 6.23. The second-order valence-corrected chi connectivity index (χ2v) is 5.67. The molecule has 0 radical (unpaired) electrons. The Morgan fingerprint density at radius 1 is 1.33 bits per heavy atom. The minimum atomic E-state index is -0.849. The smallest absolute Gasteiger partial charge is 0.308 e. The second-order valence-electron chi connectivity index (χ2n) is 5.67. The number of hydrogen-bond donors (Lipinski definition) is 2. The van der Waals surface area contributed by atoms with Gasteiger partial charge in [-0.15, -0.1) is 0 Å². The summed E-state index contributed by atoms with van der Waals surface area (Å²) in [5, 5.41) is 11.9. The number of carbonyl (C=O) groups is 2. The largest absolute Gasteiger partial charge is 0.493 e. The zero-order valence-corrected chi connectivity index (χ0v) is 14.0. The van der Waals surface area contributed by atoms with Crippen molar-refractivity contribution in [2.24, 2.45) is 5.92 Å². The predicted octanol–water partition coefficient (Wildman–Crippen LogP) is 2.48. The van der Waals surface area contributed by atoms with Crippen molar-refractivity contribution in [3.63, 3.8) is 0 Å². The summed E-state index contributed by atoms with van der Waals surface area (Å²) in [7, 11) is 1.57. The van der Waals surface area contributed by atoms with Crippen molar-refractivity contribution in [2.45, 2.75) is 32.2 Å². The lowest BCUT2D eigenvalue weighted by Crippen LogP contribution is -2.39. The summed E-state index contributed by atoms with van der Waals surface area (Å²) >= 11 is 0. The zero-order valence-electron chi connectivity index (χ0n) is 14.0. The fourth-order valence-corrected chi connectivity index (χ4v) is 2.90. The van der Waals surface area contributed by atoms with E-state index in [2.05, 4.69) is 5.32 Å². The Hall–Kier alpha value is -2.50. The molecular formula is C18H23NO5. The Bertz CT molecular complexity index is 626. The van der Waals surface area contributed by atoms with Crippen LogP contribution in [0.4, 0.5) is 0 Å². The van der Waals surface area contributed by atoms with E-state index < -0.39 is 11.9 Å². The van der Waals surface area contributed by atoms with Crippen molar-refractivity contribution >= 4 is 18.0 Å². The van der Waals surface area contributed by atoms with Crippen molar-refractivity contribution in [2.75, 3.05) is 13.7 Å². The van der Waals surface area contributed by atoms with Gasteiger partial charge in [0.25, 0.3) is 0 Å². The summed E-state index contributed by atoms with van der Waals surface area (Å²) in [6.45, 7) is 2.40. The number of carboxylic acids is 1. The van der Waals surface area contributed by atoms with Gasteiger partial charge < -0.3 is 19.9 Å². The first-order valence-electron chi connectivity index (χ1n) is 8.07. The highest BCUT2D eigenvalue weighted by molar-refractivity contribution is 5.92. The van der Waals surface area contributed by atoms with Gasteiger partial charge in [0.1, 0.15) is 0 Å². The first-order valence-corrected chi connectivity index (χ1v) is 8.07. The average Bonchev–Trinajstić information content (AvgIpc) is 3.02. The third-order valence-corrected chi connectivity index (χ3v) is 4.08. The van der Waals surface area contributed by atoms with Crippen molar-refractivity contribution in [1.82, 2.24) is 5.32 Å². The van der Waals surface area contributed by atoms with Gasteiger partial charge >= 0.3 is 5.97 Å². The van der Waals surface area contributed by atoms with E-state index in [1.54, 1.807) is 25.3 Å². The van der Waals surface area contributed by atoms with Crippen LogP contribution in [-0.4, -0.2) is 36.7 Å². The summed E-state index contributed by atoms with van der Waals surface area (Å²) in [4.78, 5) is 23.2. The van der Waals surface area contributed by atoms with Crippen LogP contribution in [-0.2, 0) is 9.59 Å². The van der Waals surface area contributed by atoms with Crippen LogP contribution < -0.4 is 14.8 Å². The molecule has 0 bridgehead atoms. The van der Waals surface area contributed by atoms with Crippen LogP contribution in [0.2, 0.25) is 0 Å². The van der Waals surface area contributed by atoms with Crippen LogP contribution in [0.5, 0.6) is 11.5 Å². The van der Waals surface area contributed by atoms with E-state index in [1.807, 2.05) is 13.0 Å². The molecule has 0 heterocycles. The van der Waals surface area contributed by atoms with Crippen molar-refractivity contribution in [3.8, 4) is 11.5 Å². The molecule has 0 aromatic heterocycles. The van der Waals surface area contributed by atoms with E-state index >= 15 is 0 Å². The second kappa shape index (κ2) is 8.38. The summed E-state index contributed by atoms with van der Waals surface area (Å²) in [6, 6.07) is 5.09. The lowest BCUT2D eigenvalue weighted by molar-refractivity contribution is -0.142. The van der Waals surface area contributed by atoms with E-state index in [0.29, 0.717) is 30.9 Å². The summed E-state index contributed by atoms with van der Waals surface area (Å²) in [5.41, 5.74) is 0.801. The monoisotopic (exact) mass is 333 g/mol. The molecule has 1 fully saturated rings. The van der Waals surface area contributed by atoms with Gasteiger partial charge in [0, 0.05) is 12.1 Å². The molecule has 1 aliphatic carbocycles. The quantitative estimate of drug-likeness (QED) is 0.749. The van der Waals surface area contributed by atoms with E-state index in [-0.39, 0.29) is 11.9 Å². The number of aliphatic carboxylic acids is 1. The maximum absolute atomic E-state index is 12.0. The molecule has 6 heteroatoms. The van der Waals surface area contributed by atoms with Gasteiger partial charge in [0.2, 0.25) is 5.91 Å². The first kappa shape index (κ1) is 17.8. The molecule has 0 aliphatic heterocycles. The fourth-order valence-electron chi connectivity index (χ4n) is 2.90. The highest BCUT2D eigenvalue weighted by Gasteiger charge is 2.33. The number of nitrogens with one attached hydrogen (secondary N) is 1. The molecule has 1 aromatic rings. The molecule has 0 saturated heterocycles. The standard InChI is InChI=1S/C18H23NO5/c1-3-24-16-11-12(7-9-15(16)23-2)8-10-17(20)19-14-6-4-5-13(14)18(21)22/h7-11,13-14H,3-6H2,1-2H3,(H,19,20)(H,21,22). The number of amides is 1. The lowest BCUT2D eigenvalue weighted by Gasteiger charge is -2.16. The molecule has 1 aliphatic rings. The molecule has 2 rings (SSSR count). The highest BCUT2D eigenvalue weighted by atomic mass is 16.5. The number of ether oxygens (including phenoxy) is 2.